The van der Waals surface area contributed by atoms with Crippen LogP contribution in [0.15, 0.2) is 54.9 Å². The third-order valence-corrected chi connectivity index (χ3v) is 6.49. The van der Waals surface area contributed by atoms with Crippen molar-refractivity contribution < 1.29 is 9.53 Å². The Morgan fingerprint density at radius 2 is 2.03 bits per heavy atom. The van der Waals surface area contributed by atoms with Gasteiger partial charge in [-0.3, -0.25) is 4.79 Å². The van der Waals surface area contributed by atoms with E-state index in [1.807, 2.05) is 30.3 Å². The van der Waals surface area contributed by atoms with Crippen molar-refractivity contribution in [1.82, 2.24) is 19.9 Å². The van der Waals surface area contributed by atoms with Crippen molar-refractivity contribution in [3.8, 4) is 17.0 Å². The van der Waals surface area contributed by atoms with E-state index in [-0.39, 0.29) is 11.9 Å². The van der Waals surface area contributed by atoms with E-state index in [1.54, 1.807) is 13.4 Å². The molecule has 0 radical (unpaired) electrons. The van der Waals surface area contributed by atoms with Gasteiger partial charge < -0.3 is 19.9 Å². The quantitative estimate of drug-likeness (QED) is 0.386. The first-order valence-electron chi connectivity index (χ1n) is 11.7. The smallest absolute Gasteiger partial charge is 0.252 e. The highest BCUT2D eigenvalue weighted by atomic mass is 16.5. The number of rotatable bonds is 8. The minimum absolute atomic E-state index is 0.00972. The standard InChI is InChI=1S/C27H29N5O2/c1-4-6-22-20-14-18(9-10-19(20)27(33)31-22)23-15-26(30-16-29-23)28-11-12-32-17(2)13-21-24(32)7-5-8-25(21)34-3/h5,7-10,13-16,22H,4,6,11-12H2,1-3H3,(H,31,33)(H,28,29,30)/t22-/m1/s1. The molecule has 2 N–H and O–H groups in total. The molecule has 0 saturated heterocycles. The van der Waals surface area contributed by atoms with Crippen LogP contribution in [0, 0.1) is 6.92 Å². The van der Waals surface area contributed by atoms with Crippen LogP contribution < -0.4 is 15.4 Å². The van der Waals surface area contributed by atoms with Gasteiger partial charge in [-0.15, -0.1) is 0 Å². The van der Waals surface area contributed by atoms with Gasteiger partial charge >= 0.3 is 0 Å². The molecule has 2 aromatic heterocycles. The fourth-order valence-electron chi connectivity index (χ4n) is 4.82. The molecular weight excluding hydrogens is 426 g/mol. The summed E-state index contributed by atoms with van der Waals surface area (Å²) in [5.41, 5.74) is 5.99. The van der Waals surface area contributed by atoms with Crippen molar-refractivity contribution >= 4 is 22.6 Å². The Bertz CT molecular complexity index is 1360. The number of benzene rings is 2. The van der Waals surface area contributed by atoms with Crippen LogP contribution in [-0.2, 0) is 6.54 Å². The number of fused-ring (bicyclic) bond motifs is 2. The lowest BCUT2D eigenvalue weighted by Gasteiger charge is -2.12. The monoisotopic (exact) mass is 455 g/mol. The van der Waals surface area contributed by atoms with Crippen molar-refractivity contribution in [1.29, 1.82) is 0 Å². The van der Waals surface area contributed by atoms with Crippen LogP contribution in [0.25, 0.3) is 22.2 Å². The molecule has 0 spiro atoms. The Morgan fingerprint density at radius 3 is 2.85 bits per heavy atom. The van der Waals surface area contributed by atoms with Gasteiger partial charge in [-0.05, 0) is 49.2 Å². The molecule has 1 aliphatic heterocycles. The largest absolute Gasteiger partial charge is 0.496 e. The van der Waals surface area contributed by atoms with Crippen LogP contribution in [0.4, 0.5) is 5.82 Å². The molecule has 174 valence electrons. The predicted molar refractivity (Wildman–Crippen MR) is 134 cm³/mol. The summed E-state index contributed by atoms with van der Waals surface area (Å²) in [6, 6.07) is 16.3. The van der Waals surface area contributed by atoms with Crippen LogP contribution in [0.1, 0.15) is 47.4 Å². The summed E-state index contributed by atoms with van der Waals surface area (Å²) in [6.07, 6.45) is 3.52. The van der Waals surface area contributed by atoms with Gasteiger partial charge in [0, 0.05) is 41.4 Å². The number of carbonyl (C=O) groups is 1. The van der Waals surface area contributed by atoms with Gasteiger partial charge in [0.1, 0.15) is 17.9 Å². The molecule has 0 saturated carbocycles. The van der Waals surface area contributed by atoms with Gasteiger partial charge in [-0.1, -0.05) is 25.5 Å². The summed E-state index contributed by atoms with van der Waals surface area (Å²) in [4.78, 5) is 21.1. The Hall–Kier alpha value is -3.87. The summed E-state index contributed by atoms with van der Waals surface area (Å²) in [7, 11) is 1.70. The zero-order chi connectivity index (χ0) is 23.7. The number of aryl methyl sites for hydroxylation is 1. The zero-order valence-electron chi connectivity index (χ0n) is 19.8. The maximum Gasteiger partial charge on any atom is 0.252 e. The second-order valence-corrected chi connectivity index (χ2v) is 8.66. The van der Waals surface area contributed by atoms with E-state index in [4.69, 9.17) is 4.74 Å². The number of nitrogens with one attached hydrogen (secondary N) is 2. The first-order valence-corrected chi connectivity index (χ1v) is 11.7. The maximum absolute atomic E-state index is 12.3. The third-order valence-electron chi connectivity index (χ3n) is 6.49. The van der Waals surface area contributed by atoms with Gasteiger partial charge in [0.2, 0.25) is 0 Å². The lowest BCUT2D eigenvalue weighted by Crippen LogP contribution is -2.18. The number of hydrogen-bond acceptors (Lipinski definition) is 5. The molecule has 5 rings (SSSR count). The molecule has 0 bridgehead atoms. The molecule has 7 heteroatoms. The Labute approximate surface area is 199 Å². The first-order chi connectivity index (χ1) is 16.6. The highest BCUT2D eigenvalue weighted by molar-refractivity contribution is 5.99. The highest BCUT2D eigenvalue weighted by Crippen LogP contribution is 2.32. The second-order valence-electron chi connectivity index (χ2n) is 8.66. The van der Waals surface area contributed by atoms with E-state index >= 15 is 0 Å². The summed E-state index contributed by atoms with van der Waals surface area (Å²) in [6.45, 7) is 5.76. The highest BCUT2D eigenvalue weighted by Gasteiger charge is 2.28. The fraction of sp³-hybridized carbons (Fsp3) is 0.296. The van der Waals surface area contributed by atoms with Crippen molar-refractivity contribution in [3.05, 3.63) is 71.7 Å². The van der Waals surface area contributed by atoms with Gasteiger partial charge in [0.05, 0.1) is 24.4 Å². The third kappa shape index (κ3) is 3.98. The van der Waals surface area contributed by atoms with Crippen molar-refractivity contribution in [2.45, 2.75) is 39.3 Å². The summed E-state index contributed by atoms with van der Waals surface area (Å²) in [5.74, 6) is 1.67. The van der Waals surface area contributed by atoms with Crippen molar-refractivity contribution in [2.24, 2.45) is 0 Å². The molecule has 34 heavy (non-hydrogen) atoms. The Balaban J connectivity index is 1.33. The number of aromatic nitrogens is 3. The van der Waals surface area contributed by atoms with Gasteiger partial charge in [-0.25, -0.2) is 9.97 Å². The Kier molecular flexibility index (Phi) is 5.92. The molecule has 1 amide bonds. The van der Waals surface area contributed by atoms with Crippen molar-refractivity contribution in [3.63, 3.8) is 0 Å². The number of carbonyl (C=O) groups excluding carboxylic acids is 1. The van der Waals surface area contributed by atoms with Crippen molar-refractivity contribution in [2.75, 3.05) is 19.0 Å². The second kappa shape index (κ2) is 9.17. The topological polar surface area (TPSA) is 81.1 Å². The van der Waals surface area contributed by atoms with E-state index in [1.165, 1.54) is 5.69 Å². The number of methoxy groups -OCH3 is 1. The lowest BCUT2D eigenvalue weighted by molar-refractivity contribution is 0.0955. The molecule has 2 aromatic carbocycles. The average molecular weight is 456 g/mol. The van der Waals surface area contributed by atoms with Gasteiger partial charge in [0.25, 0.3) is 5.91 Å². The van der Waals surface area contributed by atoms with Crippen LogP contribution in [0.2, 0.25) is 0 Å². The maximum atomic E-state index is 12.3. The van der Waals surface area contributed by atoms with E-state index in [0.717, 1.165) is 70.8 Å². The Morgan fingerprint density at radius 1 is 1.15 bits per heavy atom. The number of anilines is 1. The minimum atomic E-state index is 0.00972. The normalized spacial score (nSPS) is 14.8. The van der Waals surface area contributed by atoms with E-state index < -0.39 is 0 Å². The molecular formula is C27H29N5O2. The molecule has 0 unspecified atom stereocenters. The van der Waals surface area contributed by atoms with Gasteiger partial charge in [-0.2, -0.15) is 0 Å². The summed E-state index contributed by atoms with van der Waals surface area (Å²) >= 11 is 0. The molecule has 1 atom stereocenters. The molecule has 0 fully saturated rings. The lowest BCUT2D eigenvalue weighted by atomic mass is 9.97. The summed E-state index contributed by atoms with van der Waals surface area (Å²) < 4.78 is 7.79. The van der Waals surface area contributed by atoms with E-state index in [9.17, 15) is 4.79 Å². The molecule has 3 heterocycles. The predicted octanol–water partition coefficient (Wildman–Crippen LogP) is 5.11. The number of hydrogen-bond donors (Lipinski definition) is 2. The van der Waals surface area contributed by atoms with Crippen LogP contribution >= 0.6 is 0 Å². The molecule has 1 aliphatic rings. The number of amides is 1. The van der Waals surface area contributed by atoms with Crippen LogP contribution in [-0.4, -0.2) is 34.1 Å². The summed E-state index contributed by atoms with van der Waals surface area (Å²) in [5, 5.41) is 7.64. The molecule has 4 aromatic rings. The van der Waals surface area contributed by atoms with Crippen LogP contribution in [0.5, 0.6) is 5.75 Å². The number of ether oxygens (including phenoxy) is 1. The number of nitrogens with zero attached hydrogens (tertiary/aromatic N) is 3. The SMILES string of the molecule is CCC[C@H]1NC(=O)c2ccc(-c3cc(NCCn4c(C)cc5c(OC)cccc54)ncn3)cc21. The zero-order valence-corrected chi connectivity index (χ0v) is 19.8. The van der Waals surface area contributed by atoms with E-state index in [2.05, 4.69) is 57.2 Å². The average Bonchev–Trinajstić information content (AvgIpc) is 3.35. The minimum Gasteiger partial charge on any atom is -0.496 e. The molecule has 0 aliphatic carbocycles. The van der Waals surface area contributed by atoms with Gasteiger partial charge in [0.15, 0.2) is 0 Å². The fourth-order valence-corrected chi connectivity index (χ4v) is 4.82. The molecule has 7 nitrogen and oxygen atoms in total. The first kappa shape index (κ1) is 21.9. The van der Waals surface area contributed by atoms with Crippen LogP contribution in [0.3, 0.4) is 0 Å². The van der Waals surface area contributed by atoms with E-state index in [0.29, 0.717) is 0 Å².